The lowest BCUT2D eigenvalue weighted by atomic mass is 9.87. The molecule has 1 amide bonds. The number of amides is 1. The quantitative estimate of drug-likeness (QED) is 0.431. The molecule has 228 valence electrons. The minimum atomic E-state index is -3.63. The number of likely N-dealkylation sites (tertiary alicyclic amines) is 1. The van der Waals surface area contributed by atoms with Gasteiger partial charge in [0.15, 0.2) is 9.84 Å². The zero-order valence-electron chi connectivity index (χ0n) is 25.0. The molecule has 2 fully saturated rings. The molecule has 0 radical (unpaired) electrons. The number of rotatable bonds is 6. The van der Waals surface area contributed by atoms with E-state index in [0.29, 0.717) is 53.7 Å². The largest absolute Gasteiger partial charge is 0.444 e. The van der Waals surface area contributed by atoms with Crippen LogP contribution in [-0.2, 0) is 30.7 Å². The summed E-state index contributed by atoms with van der Waals surface area (Å²) in [7, 11) is -3.63. The number of nitrogens with one attached hydrogen (secondary N) is 1. The van der Waals surface area contributed by atoms with E-state index in [1.54, 1.807) is 11.0 Å². The number of piperidine rings is 1. The van der Waals surface area contributed by atoms with Gasteiger partial charge < -0.3 is 29.4 Å². The number of morpholine rings is 1. The number of carbonyl (C=O) groups is 1. The molecule has 0 saturated carbocycles. The summed E-state index contributed by atoms with van der Waals surface area (Å²) in [6, 6.07) is 9.38. The molecule has 12 heteroatoms. The predicted octanol–water partition coefficient (Wildman–Crippen LogP) is 4.00. The number of aromatic nitrogens is 3. The average Bonchev–Trinajstić information content (AvgIpc) is 3.38. The Balaban J connectivity index is 1.60. The van der Waals surface area contributed by atoms with Gasteiger partial charge >= 0.3 is 6.09 Å². The van der Waals surface area contributed by atoms with Crippen LogP contribution in [0.5, 0.6) is 0 Å². The molecule has 1 atom stereocenters. The summed E-state index contributed by atoms with van der Waals surface area (Å²) in [6.45, 7) is 9.67. The summed E-state index contributed by atoms with van der Waals surface area (Å²) in [6.07, 6.45) is 2.16. The highest BCUT2D eigenvalue weighted by molar-refractivity contribution is 7.91. The highest BCUT2D eigenvalue weighted by Gasteiger charge is 2.47. The van der Waals surface area contributed by atoms with Gasteiger partial charge in [-0.05, 0) is 75.9 Å². The standard InChI is InChI=1S/C30H41N5O6S/c1-6-22-19-40-14-13-35(22)27-16-20(15-25(33-27)24-8-7-23-26(32-24)17-21(18-36)31-23)30(42(5,38)39)9-11-34(12-10-30)28(37)41-29(2,3)4/h7-8,15-17,22,31,36H,6,9-14,18-19H2,1-5H3/t22-/m0/s1. The first-order chi connectivity index (χ1) is 19.8. The van der Waals surface area contributed by atoms with Crippen LogP contribution in [0.3, 0.4) is 0 Å². The Morgan fingerprint density at radius 3 is 2.52 bits per heavy atom. The molecule has 0 aliphatic carbocycles. The zero-order valence-corrected chi connectivity index (χ0v) is 25.8. The number of hydrogen-bond acceptors (Lipinski definition) is 9. The van der Waals surface area contributed by atoms with Gasteiger partial charge in [0, 0.05) is 31.6 Å². The van der Waals surface area contributed by atoms with Crippen molar-refractivity contribution >= 4 is 32.8 Å². The van der Waals surface area contributed by atoms with E-state index in [0.717, 1.165) is 11.9 Å². The van der Waals surface area contributed by atoms with E-state index in [4.69, 9.17) is 19.4 Å². The van der Waals surface area contributed by atoms with E-state index in [-0.39, 0.29) is 38.6 Å². The van der Waals surface area contributed by atoms with Gasteiger partial charge in [-0.3, -0.25) is 0 Å². The van der Waals surface area contributed by atoms with Crippen LogP contribution < -0.4 is 4.90 Å². The fourth-order valence-electron chi connectivity index (χ4n) is 5.90. The summed E-state index contributed by atoms with van der Waals surface area (Å²) in [5.41, 5.74) is 3.30. The van der Waals surface area contributed by atoms with Crippen molar-refractivity contribution in [2.24, 2.45) is 0 Å². The van der Waals surface area contributed by atoms with Gasteiger partial charge in [-0.1, -0.05) is 6.92 Å². The van der Waals surface area contributed by atoms with E-state index in [1.165, 1.54) is 6.26 Å². The summed E-state index contributed by atoms with van der Waals surface area (Å²) in [4.78, 5) is 29.6. The van der Waals surface area contributed by atoms with Gasteiger partial charge in [-0.25, -0.2) is 23.2 Å². The Labute approximate surface area is 247 Å². The van der Waals surface area contributed by atoms with Crippen molar-refractivity contribution in [2.75, 3.05) is 44.0 Å². The normalized spacial score (nSPS) is 19.7. The maximum Gasteiger partial charge on any atom is 0.410 e. The molecule has 0 aromatic carbocycles. The van der Waals surface area contributed by atoms with Crippen LogP contribution >= 0.6 is 0 Å². The SMILES string of the molecule is CC[C@H]1COCCN1c1cc(C2(S(C)(=O)=O)CCN(C(=O)OC(C)(C)C)CC2)cc(-c2ccc3[nH]c(CO)cc3n2)n1. The van der Waals surface area contributed by atoms with E-state index < -0.39 is 26.3 Å². The summed E-state index contributed by atoms with van der Waals surface area (Å²) in [5, 5.41) is 9.57. The number of H-pyrrole nitrogens is 1. The maximum absolute atomic E-state index is 13.6. The molecule has 0 bridgehead atoms. The molecule has 3 aromatic rings. The third kappa shape index (κ3) is 5.97. The second-order valence-corrected chi connectivity index (χ2v) is 14.6. The van der Waals surface area contributed by atoms with Crippen molar-refractivity contribution in [1.29, 1.82) is 0 Å². The summed E-state index contributed by atoms with van der Waals surface area (Å²) < 4.78 is 37.4. The van der Waals surface area contributed by atoms with Crippen LogP contribution in [0.1, 0.15) is 58.2 Å². The van der Waals surface area contributed by atoms with Crippen molar-refractivity contribution in [3.05, 3.63) is 41.6 Å². The molecule has 0 spiro atoms. The van der Waals surface area contributed by atoms with Crippen LogP contribution in [-0.4, -0.2) is 90.2 Å². The van der Waals surface area contributed by atoms with Crippen LogP contribution in [0.2, 0.25) is 0 Å². The number of fused-ring (bicyclic) bond motifs is 1. The van der Waals surface area contributed by atoms with E-state index in [2.05, 4.69) is 16.8 Å². The lowest BCUT2D eigenvalue weighted by Gasteiger charge is -2.42. The lowest BCUT2D eigenvalue weighted by Crippen LogP contribution is -2.50. The monoisotopic (exact) mass is 599 g/mol. The Morgan fingerprint density at radius 2 is 1.88 bits per heavy atom. The molecule has 2 aliphatic heterocycles. The molecule has 0 unspecified atom stereocenters. The fourth-order valence-corrected chi connectivity index (χ4v) is 7.37. The summed E-state index contributed by atoms with van der Waals surface area (Å²) in [5.74, 6) is 0.683. The molecule has 5 heterocycles. The number of sulfone groups is 1. The number of nitrogens with zero attached hydrogens (tertiary/aromatic N) is 4. The first-order valence-electron chi connectivity index (χ1n) is 14.5. The van der Waals surface area contributed by atoms with Crippen LogP contribution in [0.25, 0.3) is 22.4 Å². The van der Waals surface area contributed by atoms with E-state index in [9.17, 15) is 18.3 Å². The highest BCUT2D eigenvalue weighted by atomic mass is 32.2. The van der Waals surface area contributed by atoms with Gasteiger partial charge in [0.1, 0.15) is 16.2 Å². The molecule has 3 aromatic heterocycles. The molecule has 11 nitrogen and oxygen atoms in total. The summed E-state index contributed by atoms with van der Waals surface area (Å²) >= 11 is 0. The number of hydrogen-bond donors (Lipinski definition) is 2. The number of aliphatic hydroxyl groups excluding tert-OH is 1. The molecule has 2 saturated heterocycles. The zero-order chi connectivity index (χ0) is 30.3. The molecule has 42 heavy (non-hydrogen) atoms. The average molecular weight is 600 g/mol. The van der Waals surface area contributed by atoms with Crippen molar-refractivity contribution < 1.29 is 27.8 Å². The van der Waals surface area contributed by atoms with E-state index in [1.807, 2.05) is 45.0 Å². The van der Waals surface area contributed by atoms with Crippen LogP contribution in [0, 0.1) is 0 Å². The second kappa shape index (κ2) is 11.5. The number of ether oxygens (including phenoxy) is 2. The van der Waals surface area contributed by atoms with Gasteiger partial charge in [0.2, 0.25) is 0 Å². The van der Waals surface area contributed by atoms with Crippen molar-refractivity contribution in [3.63, 3.8) is 0 Å². The van der Waals surface area contributed by atoms with Crippen molar-refractivity contribution in [2.45, 2.75) is 70.0 Å². The van der Waals surface area contributed by atoms with E-state index >= 15 is 0 Å². The van der Waals surface area contributed by atoms with Gasteiger partial charge in [-0.15, -0.1) is 0 Å². The second-order valence-electron chi connectivity index (χ2n) is 12.2. The van der Waals surface area contributed by atoms with Crippen LogP contribution in [0.15, 0.2) is 30.3 Å². The third-order valence-corrected chi connectivity index (χ3v) is 10.3. The van der Waals surface area contributed by atoms with Crippen molar-refractivity contribution in [3.8, 4) is 11.4 Å². The molecule has 5 rings (SSSR count). The number of aliphatic hydroxyl groups is 1. The Hall–Kier alpha value is -3.22. The first kappa shape index (κ1) is 30.2. The van der Waals surface area contributed by atoms with Crippen molar-refractivity contribution in [1.82, 2.24) is 19.9 Å². The number of pyridine rings is 2. The van der Waals surface area contributed by atoms with Gasteiger partial charge in [0.05, 0.1) is 48.3 Å². The lowest BCUT2D eigenvalue weighted by molar-refractivity contribution is 0.0192. The Morgan fingerprint density at radius 1 is 1.14 bits per heavy atom. The first-order valence-corrected chi connectivity index (χ1v) is 16.4. The van der Waals surface area contributed by atoms with Gasteiger partial charge in [0.25, 0.3) is 0 Å². The number of aromatic amines is 1. The number of carbonyl (C=O) groups excluding carboxylic acids is 1. The minimum Gasteiger partial charge on any atom is -0.444 e. The minimum absolute atomic E-state index is 0.102. The topological polar surface area (TPSA) is 138 Å². The third-order valence-electron chi connectivity index (χ3n) is 8.23. The molecular formula is C30H41N5O6S. The Kier molecular flexibility index (Phi) is 8.25. The molecule has 2 aliphatic rings. The predicted molar refractivity (Wildman–Crippen MR) is 161 cm³/mol. The molecule has 2 N–H and O–H groups in total. The fraction of sp³-hybridized carbons (Fsp3) is 0.567. The Bertz CT molecular complexity index is 1560. The maximum atomic E-state index is 13.6. The molecular weight excluding hydrogens is 558 g/mol. The van der Waals surface area contributed by atoms with Gasteiger partial charge in [-0.2, -0.15) is 0 Å². The highest BCUT2D eigenvalue weighted by Crippen LogP contribution is 2.43. The smallest absolute Gasteiger partial charge is 0.410 e. The van der Waals surface area contributed by atoms with Crippen LogP contribution in [0.4, 0.5) is 10.6 Å². The number of anilines is 1.